The highest BCUT2D eigenvalue weighted by Gasteiger charge is 2.30. The Hall–Kier alpha value is -2.84. The summed E-state index contributed by atoms with van der Waals surface area (Å²) in [5, 5.41) is 14.4. The number of benzene rings is 1. The number of hydrogen-bond acceptors (Lipinski definition) is 6. The molecule has 0 spiro atoms. The summed E-state index contributed by atoms with van der Waals surface area (Å²) in [5.41, 5.74) is 1.20. The first-order valence-corrected chi connectivity index (χ1v) is 9.46. The number of fused-ring (bicyclic) bond motifs is 1. The quantitative estimate of drug-likeness (QED) is 0.703. The molecule has 3 aromatic rings. The van der Waals surface area contributed by atoms with Crippen LogP contribution < -0.4 is 11.1 Å². The third-order valence-corrected chi connectivity index (χ3v) is 5.26. The standard InChI is InChI=1S/C20H23N5O3/c1-23-18(27)9-8-14(22-23)13-24-10-4-7-17(24)19-21-16-6-3-2-5-15(16)20(28)25(19)11-12-26/h2-3,5-6,8-9,17,26H,4,7,10-13H2,1H3. The summed E-state index contributed by atoms with van der Waals surface area (Å²) in [6.07, 6.45) is 1.86. The molecular formula is C20H23N5O3. The Labute approximate surface area is 161 Å². The largest absolute Gasteiger partial charge is 0.395 e. The molecule has 1 aliphatic rings. The number of hydrogen-bond donors (Lipinski definition) is 1. The minimum absolute atomic E-state index is 0.0390. The Morgan fingerprint density at radius 3 is 2.79 bits per heavy atom. The van der Waals surface area contributed by atoms with E-state index in [1.807, 2.05) is 18.2 Å². The van der Waals surface area contributed by atoms with Crippen molar-refractivity contribution in [1.29, 1.82) is 0 Å². The van der Waals surface area contributed by atoms with Gasteiger partial charge in [-0.2, -0.15) is 5.10 Å². The van der Waals surface area contributed by atoms with E-state index in [0.29, 0.717) is 23.3 Å². The highest BCUT2D eigenvalue weighted by atomic mass is 16.3. The molecule has 3 heterocycles. The highest BCUT2D eigenvalue weighted by molar-refractivity contribution is 5.77. The molecule has 1 N–H and O–H groups in total. The lowest BCUT2D eigenvalue weighted by Gasteiger charge is -2.26. The molecule has 28 heavy (non-hydrogen) atoms. The molecule has 1 unspecified atom stereocenters. The smallest absolute Gasteiger partial charge is 0.266 e. The van der Waals surface area contributed by atoms with Crippen molar-refractivity contribution in [3.63, 3.8) is 0 Å². The zero-order valence-electron chi connectivity index (χ0n) is 15.8. The maximum atomic E-state index is 13.0. The van der Waals surface area contributed by atoms with E-state index >= 15 is 0 Å². The van der Waals surface area contributed by atoms with Crippen LogP contribution in [0.3, 0.4) is 0 Å². The number of aromatic nitrogens is 4. The average molecular weight is 381 g/mol. The fourth-order valence-electron chi connectivity index (χ4n) is 3.91. The van der Waals surface area contributed by atoms with Gasteiger partial charge in [0.05, 0.1) is 35.8 Å². The Balaban J connectivity index is 1.75. The van der Waals surface area contributed by atoms with Crippen LogP contribution in [0.5, 0.6) is 0 Å². The first kappa shape index (κ1) is 18.5. The summed E-state index contributed by atoms with van der Waals surface area (Å²) in [7, 11) is 1.64. The third kappa shape index (κ3) is 3.36. The van der Waals surface area contributed by atoms with E-state index in [4.69, 9.17) is 4.98 Å². The van der Waals surface area contributed by atoms with Crippen molar-refractivity contribution < 1.29 is 5.11 Å². The van der Waals surface area contributed by atoms with Crippen LogP contribution in [-0.2, 0) is 20.1 Å². The zero-order chi connectivity index (χ0) is 19.7. The molecule has 8 nitrogen and oxygen atoms in total. The van der Waals surface area contributed by atoms with Crippen molar-refractivity contribution in [1.82, 2.24) is 24.2 Å². The molecule has 0 aliphatic carbocycles. The Morgan fingerprint density at radius 1 is 1.18 bits per heavy atom. The summed E-state index contributed by atoms with van der Waals surface area (Å²) < 4.78 is 2.93. The highest BCUT2D eigenvalue weighted by Crippen LogP contribution is 2.32. The van der Waals surface area contributed by atoms with Crippen LogP contribution in [0.2, 0.25) is 0 Å². The molecule has 0 bridgehead atoms. The molecule has 0 amide bonds. The number of aliphatic hydroxyl groups is 1. The molecule has 0 radical (unpaired) electrons. The number of nitrogens with zero attached hydrogens (tertiary/aromatic N) is 5. The van der Waals surface area contributed by atoms with Crippen LogP contribution in [0, 0.1) is 0 Å². The molecule has 4 rings (SSSR count). The van der Waals surface area contributed by atoms with Gasteiger partial charge in [0.25, 0.3) is 11.1 Å². The van der Waals surface area contributed by atoms with E-state index in [1.54, 1.807) is 23.7 Å². The minimum atomic E-state index is -0.144. The van der Waals surface area contributed by atoms with Crippen LogP contribution in [-0.4, -0.2) is 42.5 Å². The molecule has 0 saturated carbocycles. The van der Waals surface area contributed by atoms with E-state index in [9.17, 15) is 14.7 Å². The SMILES string of the molecule is Cn1nc(CN2CCCC2c2nc3ccccc3c(=O)n2CCO)ccc1=O. The van der Waals surface area contributed by atoms with Crippen LogP contribution in [0.1, 0.15) is 30.4 Å². The number of aryl methyl sites for hydroxylation is 1. The number of aliphatic hydroxyl groups excluding tert-OH is 1. The Kier molecular flexibility index (Phi) is 5.06. The molecule has 1 fully saturated rings. The van der Waals surface area contributed by atoms with Gasteiger partial charge in [-0.25, -0.2) is 9.67 Å². The van der Waals surface area contributed by atoms with Gasteiger partial charge < -0.3 is 5.11 Å². The minimum Gasteiger partial charge on any atom is -0.395 e. The van der Waals surface area contributed by atoms with Crippen molar-refractivity contribution in [3.8, 4) is 0 Å². The summed E-state index contributed by atoms with van der Waals surface area (Å²) in [5.74, 6) is 0.681. The van der Waals surface area contributed by atoms with Crippen LogP contribution in [0.15, 0.2) is 46.0 Å². The van der Waals surface area contributed by atoms with Gasteiger partial charge in [0.15, 0.2) is 0 Å². The third-order valence-electron chi connectivity index (χ3n) is 5.26. The van der Waals surface area contributed by atoms with Crippen LogP contribution in [0.4, 0.5) is 0 Å². The van der Waals surface area contributed by atoms with Gasteiger partial charge in [-0.3, -0.25) is 19.1 Å². The maximum absolute atomic E-state index is 13.0. The lowest BCUT2D eigenvalue weighted by atomic mass is 10.1. The van der Waals surface area contributed by atoms with Crippen molar-refractivity contribution in [2.24, 2.45) is 7.05 Å². The molecule has 146 valence electrons. The monoisotopic (exact) mass is 381 g/mol. The summed E-state index contributed by atoms with van der Waals surface area (Å²) in [6, 6.07) is 10.5. The average Bonchev–Trinajstić information content (AvgIpc) is 3.15. The predicted octanol–water partition coefficient (Wildman–Crippen LogP) is 0.820. The number of likely N-dealkylation sites (tertiary alicyclic amines) is 1. The summed E-state index contributed by atoms with van der Waals surface area (Å²) >= 11 is 0. The summed E-state index contributed by atoms with van der Waals surface area (Å²) in [4.78, 5) is 31.6. The van der Waals surface area contributed by atoms with E-state index in [2.05, 4.69) is 10.00 Å². The van der Waals surface area contributed by atoms with Crippen LogP contribution >= 0.6 is 0 Å². The fraction of sp³-hybridized carbons (Fsp3) is 0.400. The molecule has 1 saturated heterocycles. The number of rotatable bonds is 5. The van der Waals surface area contributed by atoms with Gasteiger partial charge in [0.2, 0.25) is 0 Å². The fourth-order valence-corrected chi connectivity index (χ4v) is 3.91. The number of para-hydroxylation sites is 1. The van der Waals surface area contributed by atoms with Gasteiger partial charge in [-0.05, 0) is 37.6 Å². The van der Waals surface area contributed by atoms with Crippen molar-refractivity contribution in [2.45, 2.75) is 32.0 Å². The second-order valence-corrected chi connectivity index (χ2v) is 7.08. The molecule has 1 aromatic carbocycles. The van der Waals surface area contributed by atoms with Gasteiger partial charge in [-0.1, -0.05) is 12.1 Å². The van der Waals surface area contributed by atoms with E-state index in [0.717, 1.165) is 25.1 Å². The van der Waals surface area contributed by atoms with E-state index in [-0.39, 0.29) is 30.3 Å². The topological polar surface area (TPSA) is 93.2 Å². The van der Waals surface area contributed by atoms with Crippen molar-refractivity contribution >= 4 is 10.9 Å². The zero-order valence-corrected chi connectivity index (χ0v) is 15.8. The Bertz CT molecular complexity index is 1120. The lowest BCUT2D eigenvalue weighted by Crippen LogP contribution is -2.33. The first-order valence-electron chi connectivity index (χ1n) is 9.46. The van der Waals surface area contributed by atoms with E-state index < -0.39 is 0 Å². The first-order chi connectivity index (χ1) is 13.6. The molecule has 2 aromatic heterocycles. The van der Waals surface area contributed by atoms with Gasteiger partial charge in [-0.15, -0.1) is 0 Å². The molecule has 1 aliphatic heterocycles. The Morgan fingerprint density at radius 2 is 2.00 bits per heavy atom. The van der Waals surface area contributed by atoms with Gasteiger partial charge in [0, 0.05) is 19.7 Å². The van der Waals surface area contributed by atoms with Gasteiger partial charge in [0.1, 0.15) is 5.82 Å². The normalized spacial score (nSPS) is 17.4. The molecular weight excluding hydrogens is 358 g/mol. The summed E-state index contributed by atoms with van der Waals surface area (Å²) in [6.45, 7) is 1.52. The van der Waals surface area contributed by atoms with Crippen molar-refractivity contribution in [2.75, 3.05) is 13.2 Å². The second-order valence-electron chi connectivity index (χ2n) is 7.08. The second kappa shape index (κ2) is 7.65. The van der Waals surface area contributed by atoms with Crippen LogP contribution in [0.25, 0.3) is 10.9 Å². The maximum Gasteiger partial charge on any atom is 0.266 e. The van der Waals surface area contributed by atoms with Crippen molar-refractivity contribution in [3.05, 3.63) is 68.6 Å². The van der Waals surface area contributed by atoms with E-state index in [1.165, 1.54) is 10.7 Å². The molecule has 8 heteroatoms. The predicted molar refractivity (Wildman–Crippen MR) is 105 cm³/mol. The molecule has 1 atom stereocenters. The lowest BCUT2D eigenvalue weighted by molar-refractivity contribution is 0.220. The van der Waals surface area contributed by atoms with Gasteiger partial charge >= 0.3 is 0 Å².